The van der Waals surface area contributed by atoms with Gasteiger partial charge in [-0.15, -0.1) is 0 Å². The summed E-state index contributed by atoms with van der Waals surface area (Å²) in [4.78, 5) is 0. The van der Waals surface area contributed by atoms with Crippen molar-refractivity contribution in [1.82, 2.24) is 0 Å². The van der Waals surface area contributed by atoms with Crippen LogP contribution in [-0.2, 0) is 6.42 Å². The molecular formula is C10H14BrNS. The Morgan fingerprint density at radius 1 is 1.54 bits per heavy atom. The fraction of sp³-hybridized carbons (Fsp3) is 0.600. The van der Waals surface area contributed by atoms with Gasteiger partial charge in [0.15, 0.2) is 0 Å². The van der Waals surface area contributed by atoms with Crippen molar-refractivity contribution in [3.8, 4) is 0 Å². The topological polar surface area (TPSA) is 26.0 Å². The number of hydrogen-bond donors (Lipinski definition) is 1. The van der Waals surface area contributed by atoms with Crippen molar-refractivity contribution in [3.05, 3.63) is 20.8 Å². The van der Waals surface area contributed by atoms with Crippen LogP contribution in [0.4, 0.5) is 0 Å². The Hall–Kier alpha value is 0.140. The van der Waals surface area contributed by atoms with Gasteiger partial charge in [-0.2, -0.15) is 11.3 Å². The normalized spacial score (nSPS) is 18.9. The molecule has 13 heavy (non-hydrogen) atoms. The van der Waals surface area contributed by atoms with E-state index in [0.717, 1.165) is 18.8 Å². The maximum atomic E-state index is 6.03. The summed E-state index contributed by atoms with van der Waals surface area (Å²) >= 11 is 5.29. The lowest BCUT2D eigenvalue weighted by molar-refractivity contribution is 0.550. The predicted octanol–water partition coefficient (Wildman–Crippen LogP) is 3.18. The summed E-state index contributed by atoms with van der Waals surface area (Å²) in [5.74, 6) is 0.831. The predicted molar refractivity (Wildman–Crippen MR) is 61.0 cm³/mol. The van der Waals surface area contributed by atoms with Crippen LogP contribution in [0.25, 0.3) is 0 Å². The van der Waals surface area contributed by atoms with Gasteiger partial charge in [-0.1, -0.05) is 0 Å². The maximum Gasteiger partial charge on any atom is 0.0314 e. The van der Waals surface area contributed by atoms with Gasteiger partial charge in [-0.25, -0.2) is 0 Å². The van der Waals surface area contributed by atoms with Crippen molar-refractivity contribution in [1.29, 1.82) is 0 Å². The molecule has 1 aliphatic carbocycles. The third-order valence-corrected chi connectivity index (χ3v) is 4.50. The second-order valence-corrected chi connectivity index (χ2v) is 5.38. The van der Waals surface area contributed by atoms with E-state index in [4.69, 9.17) is 5.73 Å². The van der Waals surface area contributed by atoms with Crippen molar-refractivity contribution < 1.29 is 0 Å². The zero-order valence-corrected chi connectivity index (χ0v) is 9.90. The van der Waals surface area contributed by atoms with E-state index in [0.29, 0.717) is 6.04 Å². The Balaban J connectivity index is 1.81. The molecule has 1 aromatic rings. The molecule has 0 saturated heterocycles. The average molecular weight is 260 g/mol. The third kappa shape index (κ3) is 2.55. The lowest BCUT2D eigenvalue weighted by Crippen LogP contribution is -2.22. The fourth-order valence-corrected chi connectivity index (χ4v) is 3.10. The molecule has 0 radical (unpaired) electrons. The molecule has 1 heterocycles. The average Bonchev–Trinajstić information content (AvgIpc) is 2.88. The number of hydrogen-bond acceptors (Lipinski definition) is 2. The van der Waals surface area contributed by atoms with E-state index in [1.807, 2.05) is 0 Å². The van der Waals surface area contributed by atoms with E-state index >= 15 is 0 Å². The Labute approximate surface area is 91.5 Å². The van der Waals surface area contributed by atoms with Gasteiger partial charge >= 0.3 is 0 Å². The Kier molecular flexibility index (Phi) is 3.06. The monoisotopic (exact) mass is 259 g/mol. The van der Waals surface area contributed by atoms with E-state index in [1.165, 1.54) is 22.9 Å². The summed E-state index contributed by atoms with van der Waals surface area (Å²) in [7, 11) is 0. The lowest BCUT2D eigenvalue weighted by atomic mass is 10.1. The van der Waals surface area contributed by atoms with E-state index in [1.54, 1.807) is 11.3 Å². The first-order chi connectivity index (χ1) is 6.27. The number of aryl methyl sites for hydroxylation is 1. The molecule has 3 heteroatoms. The van der Waals surface area contributed by atoms with Crippen LogP contribution in [0.2, 0.25) is 0 Å². The highest BCUT2D eigenvalue weighted by Gasteiger charge is 2.27. The molecule has 1 saturated carbocycles. The highest BCUT2D eigenvalue weighted by atomic mass is 79.9. The Bertz CT molecular complexity index is 280. The molecule has 72 valence electrons. The summed E-state index contributed by atoms with van der Waals surface area (Å²) in [5.41, 5.74) is 7.45. The van der Waals surface area contributed by atoms with Crippen molar-refractivity contribution in [2.24, 2.45) is 11.7 Å². The largest absolute Gasteiger partial charge is 0.327 e. The van der Waals surface area contributed by atoms with Crippen LogP contribution in [0.1, 0.15) is 24.8 Å². The zero-order chi connectivity index (χ0) is 9.26. The highest BCUT2D eigenvalue weighted by Crippen LogP contribution is 2.33. The summed E-state index contributed by atoms with van der Waals surface area (Å²) < 4.78 is 1.25. The van der Waals surface area contributed by atoms with E-state index in [9.17, 15) is 0 Å². The van der Waals surface area contributed by atoms with Gasteiger partial charge in [0.25, 0.3) is 0 Å². The highest BCUT2D eigenvalue weighted by molar-refractivity contribution is 9.10. The Morgan fingerprint density at radius 2 is 2.31 bits per heavy atom. The van der Waals surface area contributed by atoms with Gasteiger partial charge in [-0.3, -0.25) is 0 Å². The van der Waals surface area contributed by atoms with Crippen molar-refractivity contribution in [2.45, 2.75) is 31.7 Å². The molecule has 1 nitrogen and oxygen atoms in total. The van der Waals surface area contributed by atoms with Crippen molar-refractivity contribution in [2.75, 3.05) is 0 Å². The first kappa shape index (κ1) is 9.69. The molecular weight excluding hydrogens is 246 g/mol. The number of nitrogens with two attached hydrogens (primary N) is 1. The number of thiophene rings is 1. The van der Waals surface area contributed by atoms with E-state index < -0.39 is 0 Å². The van der Waals surface area contributed by atoms with Gasteiger partial charge in [-0.05, 0) is 58.5 Å². The molecule has 0 aliphatic heterocycles. The van der Waals surface area contributed by atoms with Crippen LogP contribution in [0.15, 0.2) is 15.2 Å². The summed E-state index contributed by atoms with van der Waals surface area (Å²) in [6.45, 7) is 0. The summed E-state index contributed by atoms with van der Waals surface area (Å²) in [5, 5.41) is 4.35. The second-order valence-electron chi connectivity index (χ2n) is 3.78. The minimum absolute atomic E-state index is 0.437. The second kappa shape index (κ2) is 4.11. The van der Waals surface area contributed by atoms with Crippen LogP contribution < -0.4 is 5.73 Å². The molecule has 1 fully saturated rings. The first-order valence-electron chi connectivity index (χ1n) is 4.73. The summed E-state index contributed by atoms with van der Waals surface area (Å²) in [6.07, 6.45) is 4.97. The molecule has 1 atom stereocenters. The molecule has 0 amide bonds. The van der Waals surface area contributed by atoms with Crippen LogP contribution in [0.3, 0.4) is 0 Å². The smallest absolute Gasteiger partial charge is 0.0314 e. The van der Waals surface area contributed by atoms with Gasteiger partial charge in [0.2, 0.25) is 0 Å². The van der Waals surface area contributed by atoms with Gasteiger partial charge in [0.05, 0.1) is 0 Å². The first-order valence-corrected chi connectivity index (χ1v) is 6.47. The molecule has 0 bridgehead atoms. The third-order valence-electron chi connectivity index (χ3n) is 2.66. The molecule has 1 unspecified atom stereocenters. The number of rotatable bonds is 4. The van der Waals surface area contributed by atoms with Crippen LogP contribution in [0.5, 0.6) is 0 Å². The van der Waals surface area contributed by atoms with Crippen molar-refractivity contribution in [3.63, 3.8) is 0 Å². The minimum Gasteiger partial charge on any atom is -0.327 e. The molecule has 2 N–H and O–H groups in total. The van der Waals surface area contributed by atoms with Crippen LogP contribution in [0, 0.1) is 5.92 Å². The molecule has 1 aliphatic rings. The van der Waals surface area contributed by atoms with E-state index in [-0.39, 0.29) is 0 Å². The zero-order valence-electron chi connectivity index (χ0n) is 7.50. The standard InChI is InChI=1S/C10H14BrNS/c11-9-6-13-5-8(9)3-4-10(12)7-1-2-7/h5-7,10H,1-4,12H2. The number of halogens is 1. The minimum atomic E-state index is 0.437. The quantitative estimate of drug-likeness (QED) is 0.884. The molecule has 0 spiro atoms. The van der Waals surface area contributed by atoms with Crippen LogP contribution in [-0.4, -0.2) is 6.04 Å². The maximum absolute atomic E-state index is 6.03. The molecule has 1 aromatic heterocycles. The fourth-order valence-electron chi connectivity index (χ4n) is 1.57. The Morgan fingerprint density at radius 3 is 2.85 bits per heavy atom. The summed E-state index contributed by atoms with van der Waals surface area (Å²) in [6, 6.07) is 0.437. The van der Waals surface area contributed by atoms with E-state index in [2.05, 4.69) is 26.7 Å². The SMILES string of the molecule is NC(CCc1cscc1Br)C1CC1. The molecule has 0 aromatic carbocycles. The van der Waals surface area contributed by atoms with Gasteiger partial charge < -0.3 is 5.73 Å². The van der Waals surface area contributed by atoms with Crippen molar-refractivity contribution >= 4 is 27.3 Å². The van der Waals surface area contributed by atoms with Gasteiger partial charge in [0.1, 0.15) is 0 Å². The van der Waals surface area contributed by atoms with Crippen LogP contribution >= 0.6 is 27.3 Å². The van der Waals surface area contributed by atoms with Gasteiger partial charge in [0, 0.05) is 15.9 Å². The lowest BCUT2D eigenvalue weighted by Gasteiger charge is -2.08. The molecule has 2 rings (SSSR count).